The predicted molar refractivity (Wildman–Crippen MR) is 142 cm³/mol. The summed E-state index contributed by atoms with van der Waals surface area (Å²) in [5, 5.41) is 3.49. The van der Waals surface area contributed by atoms with Gasteiger partial charge in [-0.1, -0.05) is 56.7 Å². The van der Waals surface area contributed by atoms with Crippen LogP contribution < -0.4 is 19.5 Å². The molecule has 0 radical (unpaired) electrons. The molecule has 0 heterocycles. The van der Waals surface area contributed by atoms with Crippen molar-refractivity contribution in [3.63, 3.8) is 0 Å². The van der Waals surface area contributed by atoms with Crippen molar-refractivity contribution in [2.24, 2.45) is 0 Å². The van der Waals surface area contributed by atoms with Gasteiger partial charge >= 0.3 is 7.60 Å². The van der Waals surface area contributed by atoms with Gasteiger partial charge in [-0.15, -0.1) is 0 Å². The molecule has 0 amide bonds. The van der Waals surface area contributed by atoms with E-state index >= 15 is 0 Å². The Hall–Kier alpha value is -2.21. The molecule has 2 aromatic carbocycles. The minimum Gasteiger partial charge on any atom is -0.493 e. The lowest BCUT2D eigenvalue weighted by molar-refractivity contribution is 0.0758. The fourth-order valence-electron chi connectivity index (χ4n) is 5.20. The number of ether oxygens (including phenoxy) is 3. The van der Waals surface area contributed by atoms with Crippen molar-refractivity contribution in [1.29, 1.82) is 0 Å². The quantitative estimate of drug-likeness (QED) is 0.306. The summed E-state index contributed by atoms with van der Waals surface area (Å²) in [6, 6.07) is 13.4. The summed E-state index contributed by atoms with van der Waals surface area (Å²) in [5.41, 5.74) is 1.53. The standard InChI is InChI=1S/C28H40NO6P/c1-31-25-19-21(20-26(32-2)27(25)33-3)28(29-22-13-7-4-8-14-22)36(30,34-23-15-9-5-10-16-23)35-24-17-11-6-12-18-24/h4,7-8,13-14,19-20,23-24,28-29H,5-6,9-12,15-18H2,1-3H3. The molecule has 0 spiro atoms. The molecule has 0 bridgehead atoms. The molecule has 198 valence electrons. The first kappa shape index (κ1) is 26.8. The highest BCUT2D eigenvalue weighted by molar-refractivity contribution is 7.54. The van der Waals surface area contributed by atoms with E-state index in [0.717, 1.165) is 57.1 Å². The molecule has 2 aliphatic rings. The molecule has 7 nitrogen and oxygen atoms in total. The Labute approximate surface area is 215 Å². The summed E-state index contributed by atoms with van der Waals surface area (Å²) in [7, 11) is 1.03. The second-order valence-corrected chi connectivity index (χ2v) is 11.7. The first-order valence-electron chi connectivity index (χ1n) is 13.1. The van der Waals surface area contributed by atoms with Crippen molar-refractivity contribution in [2.45, 2.75) is 82.2 Å². The Morgan fingerprint density at radius 1 is 0.750 bits per heavy atom. The van der Waals surface area contributed by atoms with Crippen molar-refractivity contribution in [2.75, 3.05) is 26.6 Å². The van der Waals surface area contributed by atoms with E-state index in [9.17, 15) is 4.57 Å². The molecule has 2 saturated carbocycles. The van der Waals surface area contributed by atoms with Crippen molar-refractivity contribution in [1.82, 2.24) is 0 Å². The third kappa shape index (κ3) is 6.56. The Morgan fingerprint density at radius 3 is 1.69 bits per heavy atom. The molecule has 4 rings (SSSR count). The van der Waals surface area contributed by atoms with Crippen LogP contribution in [0.3, 0.4) is 0 Å². The maximum Gasteiger partial charge on any atom is 0.357 e. The normalized spacial score (nSPS) is 18.4. The smallest absolute Gasteiger partial charge is 0.357 e. The van der Waals surface area contributed by atoms with Crippen molar-refractivity contribution >= 4 is 13.3 Å². The van der Waals surface area contributed by atoms with Crippen molar-refractivity contribution in [3.05, 3.63) is 48.0 Å². The highest BCUT2D eigenvalue weighted by Gasteiger charge is 2.43. The Morgan fingerprint density at radius 2 is 1.25 bits per heavy atom. The molecule has 1 unspecified atom stereocenters. The zero-order valence-electron chi connectivity index (χ0n) is 21.7. The van der Waals surface area contributed by atoms with E-state index < -0.39 is 13.4 Å². The largest absolute Gasteiger partial charge is 0.493 e. The number of hydrogen-bond acceptors (Lipinski definition) is 7. The molecular formula is C28H40NO6P. The maximum atomic E-state index is 15.0. The molecule has 2 fully saturated rings. The number of para-hydroxylation sites is 1. The van der Waals surface area contributed by atoms with E-state index in [1.165, 1.54) is 12.8 Å². The molecule has 36 heavy (non-hydrogen) atoms. The van der Waals surface area contributed by atoms with Gasteiger partial charge in [-0.25, -0.2) is 0 Å². The molecule has 1 N–H and O–H groups in total. The van der Waals surface area contributed by atoms with Gasteiger partial charge in [0, 0.05) is 5.69 Å². The van der Waals surface area contributed by atoms with Gasteiger partial charge in [0.2, 0.25) is 5.75 Å². The average Bonchev–Trinajstić information content (AvgIpc) is 2.92. The predicted octanol–water partition coefficient (Wildman–Crippen LogP) is 7.71. The minimum absolute atomic E-state index is 0.0877. The lowest BCUT2D eigenvalue weighted by Gasteiger charge is -2.36. The summed E-state index contributed by atoms with van der Waals surface area (Å²) < 4.78 is 44.8. The Bertz CT molecular complexity index is 955. The third-order valence-electron chi connectivity index (χ3n) is 7.09. The number of rotatable bonds is 11. The second-order valence-electron chi connectivity index (χ2n) is 9.64. The Kier molecular flexibility index (Phi) is 9.58. The van der Waals surface area contributed by atoms with Gasteiger partial charge in [-0.3, -0.25) is 4.57 Å². The van der Waals surface area contributed by atoms with Gasteiger partial charge in [0.15, 0.2) is 17.3 Å². The van der Waals surface area contributed by atoms with Crippen LogP contribution in [0.4, 0.5) is 5.69 Å². The zero-order valence-corrected chi connectivity index (χ0v) is 22.6. The van der Waals surface area contributed by atoms with E-state index in [0.29, 0.717) is 22.8 Å². The first-order chi connectivity index (χ1) is 17.6. The molecule has 8 heteroatoms. The molecular weight excluding hydrogens is 477 g/mol. The monoisotopic (exact) mass is 517 g/mol. The lowest BCUT2D eigenvalue weighted by Crippen LogP contribution is -2.25. The van der Waals surface area contributed by atoms with Gasteiger partial charge in [0.25, 0.3) is 0 Å². The van der Waals surface area contributed by atoms with E-state index in [1.807, 2.05) is 42.5 Å². The number of anilines is 1. The minimum atomic E-state index is -3.70. The van der Waals surface area contributed by atoms with Crippen LogP contribution in [0.5, 0.6) is 17.2 Å². The summed E-state index contributed by atoms with van der Waals surface area (Å²) >= 11 is 0. The van der Waals surface area contributed by atoms with E-state index in [-0.39, 0.29) is 12.2 Å². The van der Waals surface area contributed by atoms with E-state index in [2.05, 4.69) is 5.32 Å². The average molecular weight is 518 g/mol. The van der Waals surface area contributed by atoms with Crippen LogP contribution in [0.2, 0.25) is 0 Å². The van der Waals surface area contributed by atoms with Crippen molar-refractivity contribution < 1.29 is 27.8 Å². The van der Waals surface area contributed by atoms with Crippen LogP contribution >= 0.6 is 7.60 Å². The molecule has 0 saturated heterocycles. The molecule has 2 aromatic rings. The maximum absolute atomic E-state index is 15.0. The highest BCUT2D eigenvalue weighted by Crippen LogP contribution is 2.64. The van der Waals surface area contributed by atoms with E-state index in [1.54, 1.807) is 21.3 Å². The van der Waals surface area contributed by atoms with Gasteiger partial charge < -0.3 is 28.6 Å². The van der Waals surface area contributed by atoms with Gasteiger partial charge in [-0.2, -0.15) is 0 Å². The second kappa shape index (κ2) is 12.8. The van der Waals surface area contributed by atoms with Crippen LogP contribution in [0.1, 0.15) is 75.6 Å². The molecule has 1 atom stereocenters. The SMILES string of the molecule is COc1cc(C(Nc2ccccc2)P(=O)(OC2CCCCC2)OC2CCCCC2)cc(OC)c1OC. The summed E-state index contributed by atoms with van der Waals surface area (Å²) in [4.78, 5) is 0. The van der Waals surface area contributed by atoms with Crippen LogP contribution in [0, 0.1) is 0 Å². The molecule has 0 aromatic heterocycles. The van der Waals surface area contributed by atoms with Crippen LogP contribution in [0.15, 0.2) is 42.5 Å². The van der Waals surface area contributed by atoms with Crippen LogP contribution in [-0.2, 0) is 13.6 Å². The van der Waals surface area contributed by atoms with Gasteiger partial charge in [0.1, 0.15) is 0 Å². The van der Waals surface area contributed by atoms with Gasteiger partial charge in [-0.05, 0) is 55.5 Å². The van der Waals surface area contributed by atoms with Crippen LogP contribution in [-0.4, -0.2) is 33.5 Å². The van der Waals surface area contributed by atoms with E-state index in [4.69, 9.17) is 23.3 Å². The third-order valence-corrected chi connectivity index (χ3v) is 9.34. The lowest BCUT2D eigenvalue weighted by atomic mass is 9.98. The van der Waals surface area contributed by atoms with Crippen molar-refractivity contribution in [3.8, 4) is 17.2 Å². The molecule has 2 aliphatic carbocycles. The number of nitrogens with one attached hydrogen (secondary N) is 1. The topological polar surface area (TPSA) is 75.3 Å². The molecule has 0 aliphatic heterocycles. The van der Waals surface area contributed by atoms with Crippen LogP contribution in [0.25, 0.3) is 0 Å². The van der Waals surface area contributed by atoms with Gasteiger partial charge in [0.05, 0.1) is 33.5 Å². The number of benzene rings is 2. The summed E-state index contributed by atoms with van der Waals surface area (Å²) in [5.74, 6) is 0.720. The highest BCUT2D eigenvalue weighted by atomic mass is 31.2. The summed E-state index contributed by atoms with van der Waals surface area (Å²) in [6.45, 7) is 0. The number of methoxy groups -OCH3 is 3. The fraction of sp³-hybridized carbons (Fsp3) is 0.571. The summed E-state index contributed by atoms with van der Waals surface area (Å²) in [6.07, 6.45) is 10.1. The zero-order chi connectivity index (χ0) is 25.4. The first-order valence-corrected chi connectivity index (χ1v) is 14.8. The fourth-order valence-corrected chi connectivity index (χ4v) is 7.57. The number of hydrogen-bond donors (Lipinski definition) is 1. The Balaban J connectivity index is 1.79.